The zero-order chi connectivity index (χ0) is 13.0. The van der Waals surface area contributed by atoms with Gasteiger partial charge in [-0.25, -0.2) is 0 Å². The summed E-state index contributed by atoms with van der Waals surface area (Å²) in [7, 11) is 0. The van der Waals surface area contributed by atoms with Gasteiger partial charge in [0.05, 0.1) is 24.0 Å². The molecule has 5 nitrogen and oxygen atoms in total. The molecule has 0 aliphatic heterocycles. The van der Waals surface area contributed by atoms with Crippen molar-refractivity contribution in [3.63, 3.8) is 0 Å². The topological polar surface area (TPSA) is 67.0 Å². The lowest BCUT2D eigenvalue weighted by atomic mass is 10.2. The zero-order valence-corrected chi connectivity index (χ0v) is 11.1. The number of nitrogens with one attached hydrogen (secondary N) is 2. The smallest absolute Gasteiger partial charge is 0.255 e. The Morgan fingerprint density at radius 1 is 1.44 bits per heavy atom. The summed E-state index contributed by atoms with van der Waals surface area (Å²) in [5, 5.41) is 9.69. The number of aromatic amines is 1. The second-order valence-corrected chi connectivity index (χ2v) is 4.84. The maximum absolute atomic E-state index is 11.9. The molecular weight excluding hydrogens is 230 g/mol. The molecular formula is C13H21N3O2. The fraction of sp³-hybridized carbons (Fsp3) is 0.692. The predicted molar refractivity (Wildman–Crippen MR) is 68.6 cm³/mol. The monoisotopic (exact) mass is 251 g/mol. The second kappa shape index (κ2) is 6.00. The number of ether oxygens (including phenoxy) is 1. The lowest BCUT2D eigenvalue weighted by Gasteiger charge is -2.11. The van der Waals surface area contributed by atoms with E-state index in [9.17, 15) is 4.79 Å². The Kier molecular flexibility index (Phi) is 4.36. The summed E-state index contributed by atoms with van der Waals surface area (Å²) < 4.78 is 5.69. The third kappa shape index (κ3) is 3.10. The van der Waals surface area contributed by atoms with Crippen LogP contribution in [0, 0.1) is 13.8 Å². The molecule has 0 aromatic carbocycles. The largest absolute Gasteiger partial charge is 0.376 e. The van der Waals surface area contributed by atoms with Gasteiger partial charge in [-0.15, -0.1) is 0 Å². The van der Waals surface area contributed by atoms with Gasteiger partial charge in [-0.2, -0.15) is 5.10 Å². The first-order chi connectivity index (χ1) is 8.68. The predicted octanol–water partition coefficient (Wildman–Crippen LogP) is 1.72. The molecule has 1 heterocycles. The van der Waals surface area contributed by atoms with Crippen molar-refractivity contribution in [3.05, 3.63) is 17.0 Å². The quantitative estimate of drug-likeness (QED) is 0.783. The molecule has 0 radical (unpaired) electrons. The highest BCUT2D eigenvalue weighted by molar-refractivity contribution is 5.96. The van der Waals surface area contributed by atoms with Crippen LogP contribution in [-0.4, -0.2) is 35.4 Å². The molecule has 1 saturated carbocycles. The molecule has 0 unspecified atom stereocenters. The number of carbonyl (C=O) groups is 1. The molecule has 100 valence electrons. The van der Waals surface area contributed by atoms with Gasteiger partial charge >= 0.3 is 0 Å². The minimum Gasteiger partial charge on any atom is -0.376 e. The zero-order valence-electron chi connectivity index (χ0n) is 11.1. The highest BCUT2D eigenvalue weighted by Crippen LogP contribution is 2.20. The number of amides is 1. The third-order valence-electron chi connectivity index (χ3n) is 3.40. The lowest BCUT2D eigenvalue weighted by molar-refractivity contribution is 0.0581. The minimum absolute atomic E-state index is 0.0752. The van der Waals surface area contributed by atoms with Gasteiger partial charge in [0, 0.05) is 12.2 Å². The number of hydrogen-bond donors (Lipinski definition) is 2. The summed E-state index contributed by atoms with van der Waals surface area (Å²) in [5.74, 6) is -0.0752. The summed E-state index contributed by atoms with van der Waals surface area (Å²) in [4.78, 5) is 11.9. The molecule has 5 heteroatoms. The van der Waals surface area contributed by atoms with E-state index in [-0.39, 0.29) is 5.91 Å². The highest BCUT2D eigenvalue weighted by atomic mass is 16.5. The molecule has 0 spiro atoms. The maximum atomic E-state index is 11.9. The molecule has 1 aliphatic rings. The van der Waals surface area contributed by atoms with Crippen molar-refractivity contribution in [1.29, 1.82) is 0 Å². The summed E-state index contributed by atoms with van der Waals surface area (Å²) in [5.41, 5.74) is 2.19. The summed E-state index contributed by atoms with van der Waals surface area (Å²) in [6.07, 6.45) is 5.26. The summed E-state index contributed by atoms with van der Waals surface area (Å²) in [6, 6.07) is 0. The van der Waals surface area contributed by atoms with Crippen molar-refractivity contribution in [1.82, 2.24) is 15.5 Å². The number of hydrogen-bond acceptors (Lipinski definition) is 3. The number of aromatic nitrogens is 2. The van der Waals surface area contributed by atoms with Crippen molar-refractivity contribution < 1.29 is 9.53 Å². The number of aryl methyl sites for hydroxylation is 2. The molecule has 1 aromatic heterocycles. The molecule has 18 heavy (non-hydrogen) atoms. The first-order valence-corrected chi connectivity index (χ1v) is 6.60. The van der Waals surface area contributed by atoms with E-state index in [4.69, 9.17) is 4.74 Å². The van der Waals surface area contributed by atoms with Crippen molar-refractivity contribution in [3.8, 4) is 0 Å². The van der Waals surface area contributed by atoms with Gasteiger partial charge in [0.1, 0.15) is 0 Å². The van der Waals surface area contributed by atoms with Crippen molar-refractivity contribution >= 4 is 5.91 Å². The van der Waals surface area contributed by atoms with Gasteiger partial charge in [-0.1, -0.05) is 12.8 Å². The van der Waals surface area contributed by atoms with E-state index in [1.54, 1.807) is 0 Å². The van der Waals surface area contributed by atoms with Crippen LogP contribution < -0.4 is 5.32 Å². The minimum atomic E-state index is -0.0752. The molecule has 0 saturated heterocycles. The molecule has 1 aliphatic carbocycles. The van der Waals surface area contributed by atoms with E-state index in [1.165, 1.54) is 12.8 Å². The lowest BCUT2D eigenvalue weighted by Crippen LogP contribution is -2.29. The van der Waals surface area contributed by atoms with Crippen molar-refractivity contribution in [2.24, 2.45) is 0 Å². The van der Waals surface area contributed by atoms with Gasteiger partial charge < -0.3 is 10.1 Å². The molecule has 2 rings (SSSR count). The standard InChI is InChI=1S/C13H21N3O2/c1-9-12(10(2)16-15-9)13(17)14-7-8-18-11-5-3-4-6-11/h11H,3-8H2,1-2H3,(H,14,17)(H,15,16). The van der Waals surface area contributed by atoms with E-state index >= 15 is 0 Å². The first kappa shape index (κ1) is 13.1. The molecule has 1 fully saturated rings. The van der Waals surface area contributed by atoms with Crippen LogP contribution in [0.5, 0.6) is 0 Å². The van der Waals surface area contributed by atoms with Crippen LogP contribution >= 0.6 is 0 Å². The summed E-state index contributed by atoms with van der Waals surface area (Å²) in [6.45, 7) is 4.82. The van der Waals surface area contributed by atoms with Crippen LogP contribution in [0.2, 0.25) is 0 Å². The number of H-pyrrole nitrogens is 1. The van der Waals surface area contributed by atoms with E-state index < -0.39 is 0 Å². The molecule has 2 N–H and O–H groups in total. The average molecular weight is 251 g/mol. The number of rotatable bonds is 5. The normalized spacial score (nSPS) is 16.1. The fourth-order valence-corrected chi connectivity index (χ4v) is 2.42. The molecule has 1 aromatic rings. The average Bonchev–Trinajstić information content (AvgIpc) is 2.95. The van der Waals surface area contributed by atoms with E-state index in [0.29, 0.717) is 24.8 Å². The summed E-state index contributed by atoms with van der Waals surface area (Å²) >= 11 is 0. The number of nitrogens with zero attached hydrogens (tertiary/aromatic N) is 1. The van der Waals surface area contributed by atoms with Gasteiger partial charge in [0.25, 0.3) is 5.91 Å². The molecule has 0 bridgehead atoms. The van der Waals surface area contributed by atoms with E-state index in [1.807, 2.05) is 13.8 Å². The van der Waals surface area contributed by atoms with Crippen molar-refractivity contribution in [2.75, 3.05) is 13.2 Å². The molecule has 0 atom stereocenters. The van der Waals surface area contributed by atoms with Crippen LogP contribution in [-0.2, 0) is 4.74 Å². The SMILES string of the molecule is Cc1n[nH]c(C)c1C(=O)NCCOC1CCCC1. The Hall–Kier alpha value is -1.36. The maximum Gasteiger partial charge on any atom is 0.255 e. The Balaban J connectivity index is 1.71. The Bertz CT molecular complexity index is 389. The second-order valence-electron chi connectivity index (χ2n) is 4.84. The van der Waals surface area contributed by atoms with Gasteiger partial charge in [0.15, 0.2) is 0 Å². The van der Waals surface area contributed by atoms with Gasteiger partial charge in [-0.05, 0) is 26.7 Å². The van der Waals surface area contributed by atoms with Crippen molar-refractivity contribution in [2.45, 2.75) is 45.6 Å². The highest BCUT2D eigenvalue weighted by Gasteiger charge is 2.16. The van der Waals surface area contributed by atoms with Gasteiger partial charge in [0.2, 0.25) is 0 Å². The van der Waals surface area contributed by atoms with E-state index in [2.05, 4.69) is 15.5 Å². The fourth-order valence-electron chi connectivity index (χ4n) is 2.42. The Morgan fingerprint density at radius 3 is 2.78 bits per heavy atom. The van der Waals surface area contributed by atoms with Crippen LogP contribution in [0.25, 0.3) is 0 Å². The van der Waals surface area contributed by atoms with Crippen LogP contribution in [0.15, 0.2) is 0 Å². The van der Waals surface area contributed by atoms with Crippen LogP contribution in [0.4, 0.5) is 0 Å². The van der Waals surface area contributed by atoms with Crippen LogP contribution in [0.1, 0.15) is 47.4 Å². The van der Waals surface area contributed by atoms with Gasteiger partial charge in [-0.3, -0.25) is 9.89 Å². The number of carbonyl (C=O) groups excluding carboxylic acids is 1. The first-order valence-electron chi connectivity index (χ1n) is 6.60. The van der Waals surface area contributed by atoms with Crippen LogP contribution in [0.3, 0.4) is 0 Å². The molecule has 1 amide bonds. The third-order valence-corrected chi connectivity index (χ3v) is 3.40. The Labute approximate surface area is 107 Å². The van der Waals surface area contributed by atoms with E-state index in [0.717, 1.165) is 24.2 Å². The Morgan fingerprint density at radius 2 is 2.17 bits per heavy atom.